The molecule has 0 aromatic heterocycles. The molecule has 4 nitrogen and oxygen atoms in total. The molecule has 0 spiro atoms. The lowest BCUT2D eigenvalue weighted by Gasteiger charge is -2.19. The molecule has 1 atom stereocenters. The van der Waals surface area contributed by atoms with E-state index in [0.29, 0.717) is 10.2 Å². The fourth-order valence-electron chi connectivity index (χ4n) is 1.33. The van der Waals surface area contributed by atoms with Gasteiger partial charge in [-0.25, -0.2) is 9.18 Å². The van der Waals surface area contributed by atoms with Crippen LogP contribution in [0.1, 0.15) is 12.5 Å². The first-order chi connectivity index (χ1) is 7.84. The Bertz CT molecular complexity index is 445. The van der Waals surface area contributed by atoms with Crippen molar-refractivity contribution in [3.63, 3.8) is 0 Å². The van der Waals surface area contributed by atoms with Crippen LogP contribution in [0.2, 0.25) is 0 Å². The highest BCUT2D eigenvalue weighted by atomic mass is 79.9. The van der Waals surface area contributed by atoms with Gasteiger partial charge in [0.25, 0.3) is 0 Å². The molecule has 0 bridgehead atoms. The summed E-state index contributed by atoms with van der Waals surface area (Å²) in [5.74, 6) is -0.898. The first-order valence-electron chi connectivity index (χ1n) is 4.69. The maximum absolute atomic E-state index is 14.0. The van der Waals surface area contributed by atoms with Crippen LogP contribution in [0.25, 0.3) is 0 Å². The summed E-state index contributed by atoms with van der Waals surface area (Å²) in [6, 6.07) is 2.77. The molecule has 1 unspecified atom stereocenters. The summed E-state index contributed by atoms with van der Waals surface area (Å²) >= 11 is 3.12. The first-order valence-corrected chi connectivity index (χ1v) is 5.48. The lowest BCUT2D eigenvalue weighted by atomic mass is 9.97. The van der Waals surface area contributed by atoms with Crippen LogP contribution in [0, 0.1) is 0 Å². The third-order valence-corrected chi connectivity index (χ3v) is 3.04. The van der Waals surface area contributed by atoms with Crippen LogP contribution in [0.15, 0.2) is 16.6 Å². The summed E-state index contributed by atoms with van der Waals surface area (Å²) in [6.07, 6.45) is 0. The van der Waals surface area contributed by atoms with E-state index in [1.807, 2.05) is 0 Å². The molecule has 0 aliphatic carbocycles. The lowest BCUT2D eigenvalue weighted by Crippen LogP contribution is -2.27. The predicted octanol–water partition coefficient (Wildman–Crippen LogP) is 2.74. The third kappa shape index (κ3) is 2.52. The summed E-state index contributed by atoms with van der Waals surface area (Å²) in [5.41, 5.74) is -2.53. The molecule has 0 aliphatic heterocycles. The van der Waals surface area contributed by atoms with Crippen LogP contribution in [0.3, 0.4) is 0 Å². The molecule has 1 aromatic carbocycles. The number of aliphatic carboxylic acids is 1. The minimum atomic E-state index is -2.50. The number of halogens is 2. The van der Waals surface area contributed by atoms with E-state index in [9.17, 15) is 9.18 Å². The fourth-order valence-corrected chi connectivity index (χ4v) is 2.02. The number of hydrogen-bond donors (Lipinski definition) is 1. The molecule has 0 radical (unpaired) electrons. The van der Waals surface area contributed by atoms with Crippen molar-refractivity contribution in [3.8, 4) is 11.5 Å². The van der Waals surface area contributed by atoms with Crippen molar-refractivity contribution in [1.29, 1.82) is 0 Å². The summed E-state index contributed by atoms with van der Waals surface area (Å²) in [7, 11) is 2.84. The monoisotopic (exact) mass is 306 g/mol. The van der Waals surface area contributed by atoms with Gasteiger partial charge in [0.2, 0.25) is 5.67 Å². The topological polar surface area (TPSA) is 55.8 Å². The fraction of sp³-hybridized carbons (Fsp3) is 0.364. The van der Waals surface area contributed by atoms with Crippen LogP contribution >= 0.6 is 15.9 Å². The SMILES string of the molecule is COc1cc(Br)c(C(C)(F)C(=O)O)cc1OC. The van der Waals surface area contributed by atoms with Gasteiger partial charge in [-0.2, -0.15) is 0 Å². The Hall–Kier alpha value is -1.30. The maximum Gasteiger partial charge on any atom is 0.345 e. The molecule has 0 heterocycles. The molecular weight excluding hydrogens is 295 g/mol. The van der Waals surface area contributed by atoms with Gasteiger partial charge >= 0.3 is 5.97 Å². The van der Waals surface area contributed by atoms with Gasteiger partial charge in [0.05, 0.1) is 14.2 Å². The third-order valence-electron chi connectivity index (χ3n) is 2.38. The highest BCUT2D eigenvalue weighted by Gasteiger charge is 2.37. The Kier molecular flexibility index (Phi) is 3.98. The van der Waals surface area contributed by atoms with Crippen molar-refractivity contribution in [3.05, 3.63) is 22.2 Å². The minimum Gasteiger partial charge on any atom is -0.493 e. The summed E-state index contributed by atoms with van der Waals surface area (Å²) in [6.45, 7) is 0.974. The van der Waals surface area contributed by atoms with Crippen molar-refractivity contribution in [1.82, 2.24) is 0 Å². The van der Waals surface area contributed by atoms with Gasteiger partial charge in [-0.05, 0) is 19.1 Å². The van der Waals surface area contributed by atoms with Crippen molar-refractivity contribution < 1.29 is 23.8 Å². The van der Waals surface area contributed by atoms with Crippen LogP contribution < -0.4 is 9.47 Å². The predicted molar refractivity (Wildman–Crippen MR) is 63.3 cm³/mol. The van der Waals surface area contributed by atoms with Crippen LogP contribution in [-0.2, 0) is 10.5 Å². The summed E-state index contributed by atoms with van der Waals surface area (Å²) < 4.78 is 24.4. The van der Waals surface area contributed by atoms with Crippen LogP contribution in [0.4, 0.5) is 4.39 Å². The zero-order chi connectivity index (χ0) is 13.2. The number of alkyl halides is 1. The number of hydrogen-bond acceptors (Lipinski definition) is 3. The molecule has 17 heavy (non-hydrogen) atoms. The summed E-state index contributed by atoms with van der Waals surface area (Å²) in [4.78, 5) is 10.9. The second-order valence-corrected chi connectivity index (χ2v) is 4.35. The Morgan fingerprint density at radius 2 is 1.82 bits per heavy atom. The number of carboxylic acids is 1. The van der Waals surface area contributed by atoms with E-state index < -0.39 is 11.6 Å². The Balaban J connectivity index is 3.41. The van der Waals surface area contributed by atoms with E-state index in [0.717, 1.165) is 6.92 Å². The largest absolute Gasteiger partial charge is 0.493 e. The number of benzene rings is 1. The smallest absolute Gasteiger partial charge is 0.345 e. The molecule has 0 aliphatic rings. The zero-order valence-electron chi connectivity index (χ0n) is 9.58. The van der Waals surface area contributed by atoms with Gasteiger partial charge in [0.15, 0.2) is 11.5 Å². The van der Waals surface area contributed by atoms with Gasteiger partial charge < -0.3 is 14.6 Å². The van der Waals surface area contributed by atoms with E-state index in [1.165, 1.54) is 26.4 Å². The Labute approximate surface area is 106 Å². The number of methoxy groups -OCH3 is 2. The van der Waals surface area contributed by atoms with Crippen molar-refractivity contribution >= 4 is 21.9 Å². The van der Waals surface area contributed by atoms with Crippen molar-refractivity contribution in [2.45, 2.75) is 12.6 Å². The second-order valence-electron chi connectivity index (χ2n) is 3.50. The van der Waals surface area contributed by atoms with E-state index in [2.05, 4.69) is 15.9 Å². The molecular formula is C11H12BrFO4. The van der Waals surface area contributed by atoms with Crippen molar-refractivity contribution in [2.75, 3.05) is 14.2 Å². The van der Waals surface area contributed by atoms with Gasteiger partial charge in [-0.15, -0.1) is 0 Å². The highest BCUT2D eigenvalue weighted by molar-refractivity contribution is 9.10. The Morgan fingerprint density at radius 1 is 1.35 bits per heavy atom. The number of carboxylic acid groups (broad SMARTS) is 1. The van der Waals surface area contributed by atoms with Crippen LogP contribution in [0.5, 0.6) is 11.5 Å². The second kappa shape index (κ2) is 4.91. The van der Waals surface area contributed by atoms with E-state index in [-0.39, 0.29) is 11.3 Å². The average molecular weight is 307 g/mol. The molecule has 0 fully saturated rings. The quantitative estimate of drug-likeness (QED) is 0.929. The lowest BCUT2D eigenvalue weighted by molar-refractivity contribution is -0.150. The normalized spacial score (nSPS) is 13.9. The maximum atomic E-state index is 14.0. The number of ether oxygens (including phenoxy) is 2. The highest BCUT2D eigenvalue weighted by Crippen LogP contribution is 2.39. The van der Waals surface area contributed by atoms with Gasteiger partial charge in [0.1, 0.15) is 0 Å². The zero-order valence-corrected chi connectivity index (χ0v) is 11.2. The standard InChI is InChI=1S/C11H12BrFO4/c1-11(13,10(14)15)6-4-8(16-2)9(17-3)5-7(6)12/h4-5H,1-3H3,(H,14,15). The van der Waals surface area contributed by atoms with Crippen molar-refractivity contribution in [2.24, 2.45) is 0 Å². The number of carbonyl (C=O) groups is 1. The minimum absolute atomic E-state index is 0.0253. The molecule has 0 amide bonds. The van der Waals surface area contributed by atoms with E-state index in [4.69, 9.17) is 14.6 Å². The van der Waals surface area contributed by atoms with E-state index >= 15 is 0 Å². The van der Waals surface area contributed by atoms with Gasteiger partial charge in [0, 0.05) is 10.0 Å². The first kappa shape index (κ1) is 13.8. The molecule has 0 saturated heterocycles. The van der Waals surface area contributed by atoms with E-state index in [1.54, 1.807) is 0 Å². The molecule has 0 saturated carbocycles. The molecule has 6 heteroatoms. The summed E-state index contributed by atoms with van der Waals surface area (Å²) in [5, 5.41) is 8.84. The molecule has 1 aromatic rings. The average Bonchev–Trinajstić information content (AvgIpc) is 2.27. The molecule has 94 valence electrons. The molecule has 1 rings (SSSR count). The molecule has 1 N–H and O–H groups in total. The van der Waals surface area contributed by atoms with Gasteiger partial charge in [-0.3, -0.25) is 0 Å². The number of rotatable bonds is 4. The van der Waals surface area contributed by atoms with Gasteiger partial charge in [-0.1, -0.05) is 15.9 Å². The van der Waals surface area contributed by atoms with Crippen LogP contribution in [-0.4, -0.2) is 25.3 Å². The Morgan fingerprint density at radius 3 is 2.24 bits per heavy atom.